The molecule has 4 rings (SSSR count). The number of benzene rings is 1. The number of hydrogen-bond acceptors (Lipinski definition) is 7. The van der Waals surface area contributed by atoms with Crippen LogP contribution in [0.15, 0.2) is 29.2 Å². The Morgan fingerprint density at radius 3 is 2.61 bits per heavy atom. The van der Waals surface area contributed by atoms with E-state index < -0.39 is 0 Å². The summed E-state index contributed by atoms with van der Waals surface area (Å²) in [7, 11) is 5.35. The van der Waals surface area contributed by atoms with E-state index in [2.05, 4.69) is 32.5 Å². The van der Waals surface area contributed by atoms with Crippen LogP contribution < -0.4 is 21.1 Å². The van der Waals surface area contributed by atoms with Crippen molar-refractivity contribution >= 4 is 28.7 Å². The third kappa shape index (κ3) is 4.56. The predicted molar refractivity (Wildman–Crippen MR) is 127 cm³/mol. The highest BCUT2D eigenvalue weighted by atomic mass is 16.5. The van der Waals surface area contributed by atoms with Gasteiger partial charge in [0.05, 0.1) is 19.0 Å². The van der Waals surface area contributed by atoms with Gasteiger partial charge in [-0.3, -0.25) is 13.9 Å². The second-order valence-corrected chi connectivity index (χ2v) is 8.80. The number of ether oxygens (including phenoxy) is 1. The van der Waals surface area contributed by atoms with E-state index in [1.807, 2.05) is 13.8 Å². The first-order valence-corrected chi connectivity index (χ1v) is 11.2. The molecule has 1 amide bonds. The summed E-state index contributed by atoms with van der Waals surface area (Å²) in [6.45, 7) is 5.84. The van der Waals surface area contributed by atoms with Crippen LogP contribution in [0.25, 0.3) is 11.2 Å². The van der Waals surface area contributed by atoms with Crippen LogP contribution in [0.3, 0.4) is 0 Å². The molecule has 3 aromatic rings. The molecule has 176 valence electrons. The number of methoxy groups -OCH3 is 1. The standard InChI is InChI=1S/C23H31N7O3/c1-14(2)30-20-18(29(4)23(30)32)13-24-22(27-20)26-17-7-6-15(12-19(17)33-5)21(31)25-16-8-10-28(3)11-9-16/h6-7,12-14,16H,8-11H2,1-5H3,(H,25,31)(H,24,26,27). The molecule has 3 heterocycles. The minimum absolute atomic E-state index is 0.0409. The number of amides is 1. The van der Waals surface area contributed by atoms with Crippen LogP contribution in [0.1, 0.15) is 43.1 Å². The number of aromatic nitrogens is 4. The van der Waals surface area contributed by atoms with Gasteiger partial charge in [-0.15, -0.1) is 0 Å². The maximum absolute atomic E-state index is 12.8. The molecule has 1 aliphatic heterocycles. The van der Waals surface area contributed by atoms with Crippen LogP contribution in [0.4, 0.5) is 11.6 Å². The fraction of sp³-hybridized carbons (Fsp3) is 0.478. The van der Waals surface area contributed by atoms with Gasteiger partial charge < -0.3 is 20.3 Å². The molecule has 2 aromatic heterocycles. The number of aryl methyl sites for hydroxylation is 1. The van der Waals surface area contributed by atoms with Gasteiger partial charge in [-0.1, -0.05) is 0 Å². The average molecular weight is 454 g/mol. The van der Waals surface area contributed by atoms with Crippen LogP contribution in [0.5, 0.6) is 5.75 Å². The summed E-state index contributed by atoms with van der Waals surface area (Å²) in [5, 5.41) is 6.27. The van der Waals surface area contributed by atoms with Gasteiger partial charge >= 0.3 is 5.69 Å². The average Bonchev–Trinajstić information content (AvgIpc) is 3.05. The first-order valence-electron chi connectivity index (χ1n) is 11.2. The summed E-state index contributed by atoms with van der Waals surface area (Å²) in [4.78, 5) is 36.5. The van der Waals surface area contributed by atoms with Gasteiger partial charge in [-0.05, 0) is 65.0 Å². The van der Waals surface area contributed by atoms with Crippen molar-refractivity contribution in [3.63, 3.8) is 0 Å². The largest absolute Gasteiger partial charge is 0.495 e. The number of nitrogens with zero attached hydrogens (tertiary/aromatic N) is 5. The summed E-state index contributed by atoms with van der Waals surface area (Å²) in [6, 6.07) is 5.37. The van der Waals surface area contributed by atoms with Crippen molar-refractivity contribution in [2.24, 2.45) is 7.05 Å². The number of nitrogens with one attached hydrogen (secondary N) is 2. The van der Waals surface area contributed by atoms with Crippen molar-refractivity contribution in [1.29, 1.82) is 0 Å². The molecule has 2 N–H and O–H groups in total. The van der Waals surface area contributed by atoms with Crippen molar-refractivity contribution in [3.05, 3.63) is 40.4 Å². The smallest absolute Gasteiger partial charge is 0.330 e. The predicted octanol–water partition coefficient (Wildman–Crippen LogP) is 2.29. The lowest BCUT2D eigenvalue weighted by Gasteiger charge is -2.29. The summed E-state index contributed by atoms with van der Waals surface area (Å²) < 4.78 is 8.69. The minimum Gasteiger partial charge on any atom is -0.495 e. The highest BCUT2D eigenvalue weighted by Crippen LogP contribution is 2.28. The highest BCUT2D eigenvalue weighted by molar-refractivity contribution is 5.95. The second kappa shape index (κ2) is 9.22. The number of imidazole rings is 1. The molecule has 1 aromatic carbocycles. The van der Waals surface area contributed by atoms with Gasteiger partial charge in [0, 0.05) is 24.7 Å². The zero-order valence-electron chi connectivity index (χ0n) is 19.8. The van der Waals surface area contributed by atoms with E-state index in [1.54, 1.807) is 43.1 Å². The molecule has 10 nitrogen and oxygen atoms in total. The van der Waals surface area contributed by atoms with Crippen molar-refractivity contribution in [2.75, 3.05) is 32.6 Å². The molecule has 0 bridgehead atoms. The zero-order chi connectivity index (χ0) is 23.7. The van der Waals surface area contributed by atoms with E-state index in [4.69, 9.17) is 4.74 Å². The third-order valence-electron chi connectivity index (χ3n) is 6.11. The fourth-order valence-electron chi connectivity index (χ4n) is 4.14. The number of likely N-dealkylation sites (tertiary alicyclic amines) is 1. The monoisotopic (exact) mass is 453 g/mol. The highest BCUT2D eigenvalue weighted by Gasteiger charge is 2.20. The molecule has 0 saturated carbocycles. The van der Waals surface area contributed by atoms with Crippen LogP contribution >= 0.6 is 0 Å². The zero-order valence-corrected chi connectivity index (χ0v) is 19.8. The molecule has 1 fully saturated rings. The lowest BCUT2D eigenvalue weighted by molar-refractivity contribution is 0.0916. The third-order valence-corrected chi connectivity index (χ3v) is 6.11. The van der Waals surface area contributed by atoms with Crippen molar-refractivity contribution in [2.45, 2.75) is 38.8 Å². The quantitative estimate of drug-likeness (QED) is 0.590. The molecule has 33 heavy (non-hydrogen) atoms. The molecule has 1 aliphatic rings. The maximum Gasteiger partial charge on any atom is 0.330 e. The lowest BCUT2D eigenvalue weighted by Crippen LogP contribution is -2.43. The number of carbonyl (C=O) groups excluding carboxylic acids is 1. The Bertz CT molecular complexity index is 1220. The lowest BCUT2D eigenvalue weighted by atomic mass is 10.0. The topological polar surface area (TPSA) is 106 Å². The maximum atomic E-state index is 12.8. The van der Waals surface area contributed by atoms with Gasteiger partial charge in [0.25, 0.3) is 5.91 Å². The van der Waals surface area contributed by atoms with Gasteiger partial charge in [0.1, 0.15) is 11.3 Å². The molecule has 10 heteroatoms. The van der Waals surface area contributed by atoms with Gasteiger partial charge in [0.15, 0.2) is 5.65 Å². The van der Waals surface area contributed by atoms with E-state index in [1.165, 1.54) is 4.57 Å². The Labute approximate surface area is 192 Å². The minimum atomic E-state index is -0.135. The summed E-state index contributed by atoms with van der Waals surface area (Å²) >= 11 is 0. The van der Waals surface area contributed by atoms with Crippen LogP contribution in [0.2, 0.25) is 0 Å². The first kappa shape index (κ1) is 22.8. The summed E-state index contributed by atoms with van der Waals surface area (Å²) in [5.41, 5.74) is 2.24. The van der Waals surface area contributed by atoms with Crippen LogP contribution in [-0.4, -0.2) is 63.2 Å². The number of hydrogen-bond donors (Lipinski definition) is 2. The Morgan fingerprint density at radius 1 is 1.21 bits per heavy atom. The van der Waals surface area contributed by atoms with Gasteiger partial charge in [-0.2, -0.15) is 4.98 Å². The molecular weight excluding hydrogens is 422 g/mol. The molecule has 0 radical (unpaired) electrons. The van der Waals surface area contributed by atoms with E-state index in [-0.39, 0.29) is 23.7 Å². The molecule has 0 unspecified atom stereocenters. The molecular formula is C23H31N7O3. The Hall–Kier alpha value is -3.40. The van der Waals surface area contributed by atoms with Gasteiger partial charge in [0.2, 0.25) is 5.95 Å². The summed E-state index contributed by atoms with van der Waals surface area (Å²) in [5.74, 6) is 0.727. The summed E-state index contributed by atoms with van der Waals surface area (Å²) in [6.07, 6.45) is 3.51. The van der Waals surface area contributed by atoms with E-state index in [0.717, 1.165) is 25.9 Å². The Morgan fingerprint density at radius 2 is 1.94 bits per heavy atom. The number of piperidine rings is 1. The van der Waals surface area contributed by atoms with Crippen LogP contribution in [-0.2, 0) is 7.05 Å². The SMILES string of the molecule is COc1cc(C(=O)NC2CCN(C)CC2)ccc1Nc1ncc2c(n1)n(C(C)C)c(=O)n2C. The molecule has 1 saturated heterocycles. The number of anilines is 2. The van der Waals surface area contributed by atoms with Crippen LogP contribution in [0, 0.1) is 0 Å². The first-order chi connectivity index (χ1) is 15.8. The number of carbonyl (C=O) groups is 1. The molecule has 0 atom stereocenters. The number of rotatable bonds is 6. The normalized spacial score (nSPS) is 15.2. The Kier molecular flexibility index (Phi) is 6.37. The van der Waals surface area contributed by atoms with Gasteiger partial charge in [-0.25, -0.2) is 9.78 Å². The van der Waals surface area contributed by atoms with Crippen molar-refractivity contribution in [1.82, 2.24) is 29.3 Å². The van der Waals surface area contributed by atoms with Crippen molar-refractivity contribution < 1.29 is 9.53 Å². The fourth-order valence-corrected chi connectivity index (χ4v) is 4.14. The second-order valence-electron chi connectivity index (χ2n) is 8.80. The molecule has 0 spiro atoms. The molecule has 0 aliphatic carbocycles. The van der Waals surface area contributed by atoms with E-state index >= 15 is 0 Å². The Balaban J connectivity index is 1.56. The van der Waals surface area contributed by atoms with E-state index in [9.17, 15) is 9.59 Å². The van der Waals surface area contributed by atoms with E-state index in [0.29, 0.717) is 34.1 Å². The number of fused-ring (bicyclic) bond motifs is 1. The van der Waals surface area contributed by atoms with Crippen molar-refractivity contribution in [3.8, 4) is 5.75 Å².